The van der Waals surface area contributed by atoms with Gasteiger partial charge in [-0.15, -0.1) is 0 Å². The zero-order chi connectivity index (χ0) is 48.9. The second-order valence-electron chi connectivity index (χ2n) is 15.7. The van der Waals surface area contributed by atoms with Crippen molar-refractivity contribution >= 4 is 5.78 Å². The number of carbonyl (C=O) groups is 1. The van der Waals surface area contributed by atoms with Crippen molar-refractivity contribution in [3.8, 4) is 0 Å². The molecule has 0 amide bonds. The highest BCUT2D eigenvalue weighted by Crippen LogP contribution is 2.46. The second-order valence-corrected chi connectivity index (χ2v) is 15.7. The normalized spacial score (nSPS) is 14.2. The van der Waals surface area contributed by atoms with Crippen LogP contribution in [0, 0.1) is 0 Å². The van der Waals surface area contributed by atoms with E-state index in [2.05, 4.69) is 13.8 Å². The SMILES string of the molecule is CCCCCC(C)(OCCOCCOC)C(OCCOCCOC)(OCCOCCOC)C(=O)C(OCCOCCOC)(OCCOCCOC)C(C)(CCCCC)OCCOCCOC. The van der Waals surface area contributed by atoms with Crippen LogP contribution in [0.4, 0.5) is 0 Å². The Bertz CT molecular complexity index is 951. The highest BCUT2D eigenvalue weighted by molar-refractivity contribution is 5.95. The number of rotatable bonds is 54. The summed E-state index contributed by atoms with van der Waals surface area (Å²) in [5.41, 5.74) is -3.00. The maximum atomic E-state index is 16.9. The zero-order valence-corrected chi connectivity index (χ0v) is 42.9. The summed E-state index contributed by atoms with van der Waals surface area (Å²) in [5, 5.41) is 0. The van der Waals surface area contributed by atoms with Gasteiger partial charge in [0.2, 0.25) is 0 Å². The summed E-state index contributed by atoms with van der Waals surface area (Å²) < 4.78 is 108. The first-order valence-corrected chi connectivity index (χ1v) is 23.9. The Morgan fingerprint density at radius 1 is 0.303 bits per heavy atom. The molecule has 0 heterocycles. The molecule has 19 nitrogen and oxygen atoms in total. The summed E-state index contributed by atoms with van der Waals surface area (Å²) in [6, 6.07) is 0. The van der Waals surface area contributed by atoms with E-state index in [1.807, 2.05) is 13.8 Å². The maximum absolute atomic E-state index is 16.9. The number of hydrogen-bond donors (Lipinski definition) is 0. The minimum Gasteiger partial charge on any atom is -0.382 e. The third-order valence-corrected chi connectivity index (χ3v) is 10.5. The average molecular weight is 963 g/mol. The van der Waals surface area contributed by atoms with Crippen LogP contribution in [0.2, 0.25) is 0 Å². The van der Waals surface area contributed by atoms with Gasteiger partial charge in [-0.3, -0.25) is 4.79 Å². The van der Waals surface area contributed by atoms with Gasteiger partial charge in [-0.05, 0) is 26.7 Å². The number of hydrogen-bond acceptors (Lipinski definition) is 19. The van der Waals surface area contributed by atoms with Crippen molar-refractivity contribution in [1.82, 2.24) is 0 Å². The van der Waals surface area contributed by atoms with E-state index in [0.717, 1.165) is 25.7 Å². The molecule has 0 aliphatic heterocycles. The van der Waals surface area contributed by atoms with Gasteiger partial charge in [0.15, 0.2) is 0 Å². The molecule has 0 aromatic carbocycles. The standard InChI is InChI=1S/C47H94O19/c1-11-13-15-17-44(3,61-37-31-55-25-19-49-5)46(63-39-33-57-27-21-51-7,64-40-34-58-28-22-52-8)43(48)47(65-41-35-59-29-23-53-9,66-42-36-60-30-24-54-10)45(4,18-16-14-12-2)62-38-32-56-26-20-50-6/h11-42H2,1-10H3. The van der Waals surface area contributed by atoms with Crippen LogP contribution in [0.3, 0.4) is 0 Å². The van der Waals surface area contributed by atoms with Crippen LogP contribution >= 0.6 is 0 Å². The number of carbonyl (C=O) groups excluding carboxylic acids is 1. The molecule has 0 fully saturated rings. The summed E-state index contributed by atoms with van der Waals surface area (Å²) in [6.07, 6.45) is 5.46. The Morgan fingerprint density at radius 2 is 0.515 bits per heavy atom. The van der Waals surface area contributed by atoms with Crippen LogP contribution in [0.15, 0.2) is 0 Å². The Hall–Kier alpha value is -1.05. The zero-order valence-electron chi connectivity index (χ0n) is 42.9. The largest absolute Gasteiger partial charge is 0.382 e. The fourth-order valence-electron chi connectivity index (χ4n) is 6.84. The first-order chi connectivity index (χ1) is 32.1. The lowest BCUT2D eigenvalue weighted by atomic mass is 9.76. The number of unbranched alkanes of at least 4 members (excludes halogenated alkanes) is 4. The van der Waals surface area contributed by atoms with E-state index in [9.17, 15) is 0 Å². The molecule has 2 atom stereocenters. The van der Waals surface area contributed by atoms with E-state index in [1.165, 1.54) is 0 Å². The fraction of sp³-hybridized carbons (Fsp3) is 0.979. The minimum atomic E-state index is -2.25. The molecule has 0 aromatic heterocycles. The molecule has 0 spiro atoms. The van der Waals surface area contributed by atoms with Gasteiger partial charge in [-0.2, -0.15) is 0 Å². The molecular formula is C47H94O19. The first-order valence-electron chi connectivity index (χ1n) is 23.9. The van der Waals surface area contributed by atoms with E-state index >= 15 is 4.79 Å². The van der Waals surface area contributed by atoms with Crippen LogP contribution in [0.1, 0.15) is 79.1 Å². The molecule has 0 aliphatic rings. The van der Waals surface area contributed by atoms with Crippen molar-refractivity contribution in [3.63, 3.8) is 0 Å². The Balaban J connectivity index is 8.26. The molecule has 396 valence electrons. The summed E-state index contributed by atoms with van der Waals surface area (Å²) in [5.74, 6) is -5.21. The monoisotopic (exact) mass is 963 g/mol. The van der Waals surface area contributed by atoms with Gasteiger partial charge in [-0.25, -0.2) is 0 Å². The Labute approximate surface area is 398 Å². The predicted molar refractivity (Wildman–Crippen MR) is 247 cm³/mol. The smallest absolute Gasteiger partial charge is 0.264 e. The van der Waals surface area contributed by atoms with Crippen molar-refractivity contribution in [2.45, 2.75) is 102 Å². The first kappa shape index (κ1) is 65.0. The van der Waals surface area contributed by atoms with Gasteiger partial charge in [0, 0.05) is 42.7 Å². The van der Waals surface area contributed by atoms with Gasteiger partial charge in [-0.1, -0.05) is 52.4 Å². The van der Waals surface area contributed by atoms with E-state index in [1.54, 1.807) is 42.7 Å². The number of methoxy groups -OCH3 is 6. The van der Waals surface area contributed by atoms with Gasteiger partial charge in [0.25, 0.3) is 17.4 Å². The lowest BCUT2D eigenvalue weighted by Gasteiger charge is -2.53. The summed E-state index contributed by atoms with van der Waals surface area (Å²) in [4.78, 5) is 16.9. The average Bonchev–Trinajstić information content (AvgIpc) is 3.31. The molecule has 0 N–H and O–H groups in total. The van der Waals surface area contributed by atoms with Crippen LogP contribution in [-0.2, 0) is 90.1 Å². The van der Waals surface area contributed by atoms with E-state index in [4.69, 9.17) is 85.3 Å². The topological polar surface area (TPSA) is 183 Å². The summed E-state index contributed by atoms with van der Waals surface area (Å²) in [7, 11) is 9.61. The summed E-state index contributed by atoms with van der Waals surface area (Å²) >= 11 is 0. The molecule has 0 radical (unpaired) electrons. The molecule has 0 aromatic rings. The lowest BCUT2D eigenvalue weighted by Crippen LogP contribution is -2.74. The van der Waals surface area contributed by atoms with Crippen molar-refractivity contribution in [2.24, 2.45) is 0 Å². The lowest BCUT2D eigenvalue weighted by molar-refractivity contribution is -0.359. The summed E-state index contributed by atoms with van der Waals surface area (Å²) in [6.45, 7) is 12.7. The third kappa shape index (κ3) is 26.8. The van der Waals surface area contributed by atoms with Crippen molar-refractivity contribution in [2.75, 3.05) is 201 Å². The molecule has 19 heteroatoms. The van der Waals surface area contributed by atoms with Gasteiger partial charge in [0.05, 0.1) is 159 Å². The third-order valence-electron chi connectivity index (χ3n) is 10.5. The van der Waals surface area contributed by atoms with Crippen LogP contribution in [0.5, 0.6) is 0 Å². The maximum Gasteiger partial charge on any atom is 0.264 e. The van der Waals surface area contributed by atoms with Crippen molar-refractivity contribution < 1.29 is 90.1 Å². The van der Waals surface area contributed by atoms with Gasteiger partial charge < -0.3 is 85.3 Å². The number of ketones is 1. The Kier molecular flexibility index (Phi) is 43.2. The van der Waals surface area contributed by atoms with Gasteiger partial charge >= 0.3 is 0 Å². The Morgan fingerprint density at radius 3 is 0.727 bits per heavy atom. The highest BCUT2D eigenvalue weighted by atomic mass is 16.8. The second kappa shape index (κ2) is 43.9. The molecule has 0 saturated heterocycles. The van der Waals surface area contributed by atoms with Crippen LogP contribution in [0.25, 0.3) is 0 Å². The molecule has 2 unspecified atom stereocenters. The van der Waals surface area contributed by atoms with Crippen LogP contribution in [-0.4, -0.2) is 230 Å². The van der Waals surface area contributed by atoms with Crippen molar-refractivity contribution in [3.05, 3.63) is 0 Å². The quantitative estimate of drug-likeness (QED) is 0.0603. The molecule has 0 bridgehead atoms. The van der Waals surface area contributed by atoms with E-state index in [0.29, 0.717) is 105 Å². The predicted octanol–water partition coefficient (Wildman–Crippen LogP) is 4.70. The molecular weight excluding hydrogens is 868 g/mol. The van der Waals surface area contributed by atoms with Crippen molar-refractivity contribution in [1.29, 1.82) is 0 Å². The van der Waals surface area contributed by atoms with Gasteiger partial charge in [0.1, 0.15) is 11.2 Å². The molecule has 0 rings (SSSR count). The minimum absolute atomic E-state index is 0.0846. The molecule has 66 heavy (non-hydrogen) atoms. The van der Waals surface area contributed by atoms with E-state index < -0.39 is 28.6 Å². The molecule has 0 aliphatic carbocycles. The molecule has 0 saturated carbocycles. The number of ether oxygens (including phenoxy) is 18. The number of Topliss-reactive ketones (excluding diaryl/α,β-unsaturated/α-hetero) is 1. The van der Waals surface area contributed by atoms with Crippen LogP contribution < -0.4 is 0 Å². The fourth-order valence-corrected chi connectivity index (χ4v) is 6.84. The van der Waals surface area contributed by atoms with E-state index in [-0.39, 0.29) is 79.3 Å². The highest BCUT2D eigenvalue weighted by Gasteiger charge is 2.69.